The van der Waals surface area contributed by atoms with Crippen molar-refractivity contribution in [3.63, 3.8) is 0 Å². The van der Waals surface area contributed by atoms with Gasteiger partial charge in [0, 0.05) is 33.2 Å². The van der Waals surface area contributed by atoms with Crippen molar-refractivity contribution in [2.24, 2.45) is 0 Å². The molecule has 264 valence electrons. The number of furan rings is 1. The van der Waals surface area contributed by atoms with E-state index >= 15 is 0 Å². The molecule has 0 radical (unpaired) electrons. The lowest BCUT2D eigenvalue weighted by molar-refractivity contribution is 0.596. The summed E-state index contributed by atoms with van der Waals surface area (Å²) < 4.78 is 6.64. The third-order valence-corrected chi connectivity index (χ3v) is 12.4. The quantitative estimate of drug-likeness (QED) is 0.177. The Morgan fingerprint density at radius 2 is 1.44 bits per heavy atom. The van der Waals surface area contributed by atoms with E-state index < -0.39 is 0 Å². The first-order valence-electron chi connectivity index (χ1n) is 19.7. The lowest BCUT2D eigenvalue weighted by atomic mass is 9.67. The Hall–Kier alpha value is -6.38. The summed E-state index contributed by atoms with van der Waals surface area (Å²) in [6.07, 6.45) is 12.3. The van der Waals surface area contributed by atoms with E-state index in [1.165, 1.54) is 82.5 Å². The molecule has 0 amide bonds. The van der Waals surface area contributed by atoms with Crippen LogP contribution in [-0.2, 0) is 11.8 Å². The number of fused-ring (bicyclic) bond motifs is 6. The highest BCUT2D eigenvalue weighted by molar-refractivity contribution is 6.10. The zero-order chi connectivity index (χ0) is 36.7. The van der Waals surface area contributed by atoms with Crippen molar-refractivity contribution < 1.29 is 4.42 Å². The first kappa shape index (κ1) is 32.1. The molecule has 55 heavy (non-hydrogen) atoms. The van der Waals surface area contributed by atoms with Gasteiger partial charge in [0.25, 0.3) is 0 Å². The van der Waals surface area contributed by atoms with Gasteiger partial charge in [0.1, 0.15) is 11.3 Å². The lowest BCUT2D eigenvalue weighted by Crippen LogP contribution is -2.38. The molecule has 1 unspecified atom stereocenters. The van der Waals surface area contributed by atoms with E-state index in [1.807, 2.05) is 0 Å². The van der Waals surface area contributed by atoms with Crippen molar-refractivity contribution >= 4 is 51.3 Å². The van der Waals surface area contributed by atoms with Gasteiger partial charge in [-0.2, -0.15) is 0 Å². The van der Waals surface area contributed by atoms with Gasteiger partial charge >= 0.3 is 0 Å². The first-order valence-corrected chi connectivity index (χ1v) is 19.7. The fourth-order valence-corrected chi connectivity index (χ4v) is 9.70. The number of anilines is 2. The summed E-state index contributed by atoms with van der Waals surface area (Å²) in [6.45, 7) is 4.79. The Bertz CT molecular complexity index is 2980. The average Bonchev–Trinajstić information content (AvgIpc) is 3.62. The Balaban J connectivity index is 1.16. The van der Waals surface area contributed by atoms with Crippen LogP contribution in [0.1, 0.15) is 49.1 Å². The van der Waals surface area contributed by atoms with E-state index in [9.17, 15) is 0 Å². The average molecular weight is 708 g/mol. The van der Waals surface area contributed by atoms with Crippen molar-refractivity contribution in [3.8, 4) is 33.4 Å². The van der Waals surface area contributed by atoms with Crippen LogP contribution in [0, 0.1) is 0 Å². The van der Waals surface area contributed by atoms with Crippen LogP contribution < -0.4 is 15.3 Å². The Morgan fingerprint density at radius 1 is 0.655 bits per heavy atom. The van der Waals surface area contributed by atoms with Crippen LogP contribution in [0.2, 0.25) is 0 Å². The third kappa shape index (κ3) is 5.01. The minimum atomic E-state index is -0.189. The zero-order valence-corrected chi connectivity index (χ0v) is 31.2. The second kappa shape index (κ2) is 12.3. The summed E-state index contributed by atoms with van der Waals surface area (Å²) in [4.78, 5) is 2.61. The Labute approximate surface area is 322 Å². The SMILES string of the molecule is CC1(C)c2ccc(-c3cccc4c5c(oc34)C=CCC5)cc2-c2c(N(c3ccc(-c4ccccc4)cc3)C3C=c4ccccc4=CC3)ccc3cccc1c23. The molecule has 0 fully saturated rings. The Kier molecular flexibility index (Phi) is 7.19. The largest absolute Gasteiger partial charge is 0.456 e. The maximum atomic E-state index is 6.64. The summed E-state index contributed by atoms with van der Waals surface area (Å²) in [6, 6.07) is 54.2. The van der Waals surface area contributed by atoms with Crippen LogP contribution >= 0.6 is 0 Å². The van der Waals surface area contributed by atoms with E-state index in [0.717, 1.165) is 36.2 Å². The van der Waals surface area contributed by atoms with Gasteiger partial charge in [0.05, 0.1) is 11.7 Å². The minimum Gasteiger partial charge on any atom is -0.456 e. The van der Waals surface area contributed by atoms with Crippen LogP contribution in [0.4, 0.5) is 11.4 Å². The molecule has 1 heterocycles. The molecular weight excluding hydrogens is 667 g/mol. The van der Waals surface area contributed by atoms with Gasteiger partial charge in [-0.15, -0.1) is 0 Å². The number of para-hydroxylation sites is 1. The topological polar surface area (TPSA) is 16.4 Å². The second-order valence-corrected chi connectivity index (χ2v) is 15.9. The number of allylic oxidation sites excluding steroid dienone is 1. The van der Waals surface area contributed by atoms with Crippen LogP contribution in [-0.4, -0.2) is 6.04 Å². The van der Waals surface area contributed by atoms with Gasteiger partial charge in [-0.1, -0.05) is 153 Å². The van der Waals surface area contributed by atoms with Crippen LogP contribution in [0.15, 0.2) is 156 Å². The molecule has 1 atom stereocenters. The molecular formula is C53H41NO. The lowest BCUT2D eigenvalue weighted by Gasteiger charge is -2.40. The smallest absolute Gasteiger partial charge is 0.142 e. The van der Waals surface area contributed by atoms with E-state index in [1.54, 1.807) is 0 Å². The normalized spacial score (nSPS) is 16.1. The monoisotopic (exact) mass is 707 g/mol. The summed E-state index contributed by atoms with van der Waals surface area (Å²) >= 11 is 0. The number of hydrogen-bond acceptors (Lipinski definition) is 2. The summed E-state index contributed by atoms with van der Waals surface area (Å²) in [5.41, 5.74) is 14.6. The highest BCUT2D eigenvalue weighted by Crippen LogP contribution is 2.54. The summed E-state index contributed by atoms with van der Waals surface area (Å²) in [5, 5.41) is 6.45. The third-order valence-electron chi connectivity index (χ3n) is 12.4. The van der Waals surface area contributed by atoms with Gasteiger partial charge in [0.15, 0.2) is 0 Å². The van der Waals surface area contributed by atoms with E-state index in [2.05, 4.69) is 189 Å². The fourth-order valence-electron chi connectivity index (χ4n) is 9.70. The molecule has 1 aromatic heterocycles. The molecule has 0 saturated heterocycles. The molecule has 11 rings (SSSR count). The van der Waals surface area contributed by atoms with Crippen LogP contribution in [0.25, 0.3) is 73.4 Å². The van der Waals surface area contributed by atoms with Crippen molar-refractivity contribution in [1.29, 1.82) is 0 Å². The van der Waals surface area contributed by atoms with Crippen molar-refractivity contribution in [1.82, 2.24) is 0 Å². The minimum absolute atomic E-state index is 0.121. The summed E-state index contributed by atoms with van der Waals surface area (Å²) in [5.74, 6) is 1.00. The van der Waals surface area contributed by atoms with E-state index in [-0.39, 0.29) is 11.5 Å². The maximum Gasteiger partial charge on any atom is 0.142 e. The molecule has 7 aromatic carbocycles. The molecule has 8 aromatic rings. The molecule has 0 N–H and O–H groups in total. The predicted octanol–water partition coefficient (Wildman–Crippen LogP) is 12.4. The standard InChI is InChI=1S/C53H41NO/c1-53(2)46-30-25-39(42-18-11-19-44-43-17-8-9-21-49(43)55-52(42)44)33-45(46)51-48(31-26-37-16-10-20-47(53)50(37)51)54(41-29-24-35-14-6-7-15-38(35)32-41)40-27-22-36(23-28-40)34-12-4-3-5-13-34/h3-7,9-16,18-28,30-33,41H,8,17,29H2,1-2H3. The van der Waals surface area contributed by atoms with E-state index in [4.69, 9.17) is 4.42 Å². The molecule has 3 aliphatic carbocycles. The number of rotatable bonds is 5. The van der Waals surface area contributed by atoms with Crippen LogP contribution in [0.3, 0.4) is 0 Å². The fraction of sp³-hybridized carbons (Fsp3) is 0.132. The molecule has 2 heteroatoms. The van der Waals surface area contributed by atoms with Gasteiger partial charge < -0.3 is 9.32 Å². The van der Waals surface area contributed by atoms with Crippen molar-refractivity contribution in [2.75, 3.05) is 4.90 Å². The number of hydrogen-bond donors (Lipinski definition) is 0. The highest BCUT2D eigenvalue weighted by atomic mass is 16.3. The highest BCUT2D eigenvalue weighted by Gasteiger charge is 2.36. The van der Waals surface area contributed by atoms with Crippen molar-refractivity contribution in [2.45, 2.75) is 44.6 Å². The predicted molar refractivity (Wildman–Crippen MR) is 231 cm³/mol. The summed E-state index contributed by atoms with van der Waals surface area (Å²) in [7, 11) is 0. The number of aryl methyl sites for hydroxylation is 1. The zero-order valence-electron chi connectivity index (χ0n) is 31.2. The second-order valence-electron chi connectivity index (χ2n) is 15.9. The van der Waals surface area contributed by atoms with Crippen molar-refractivity contribution in [3.05, 3.63) is 185 Å². The first-order chi connectivity index (χ1) is 27.0. The van der Waals surface area contributed by atoms with Gasteiger partial charge in [-0.05, 0) is 104 Å². The molecule has 0 aliphatic heterocycles. The molecule has 0 saturated carbocycles. The molecule has 0 spiro atoms. The van der Waals surface area contributed by atoms with Gasteiger partial charge in [-0.3, -0.25) is 0 Å². The number of nitrogens with zero attached hydrogens (tertiary/aromatic N) is 1. The molecule has 3 aliphatic rings. The number of benzene rings is 7. The van der Waals surface area contributed by atoms with Crippen LogP contribution in [0.5, 0.6) is 0 Å². The molecule has 2 nitrogen and oxygen atoms in total. The van der Waals surface area contributed by atoms with Gasteiger partial charge in [-0.25, -0.2) is 0 Å². The maximum absolute atomic E-state index is 6.64. The van der Waals surface area contributed by atoms with E-state index in [0.29, 0.717) is 0 Å². The molecule has 0 bridgehead atoms. The van der Waals surface area contributed by atoms with Gasteiger partial charge in [0.2, 0.25) is 0 Å². The Morgan fingerprint density at radius 3 is 2.31 bits per heavy atom.